The number of halogens is 2. The molecule has 0 bridgehead atoms. The topological polar surface area (TPSA) is 75.4 Å². The minimum Gasteiger partial charge on any atom is -0.487 e. The molecule has 9 heteroatoms. The van der Waals surface area contributed by atoms with E-state index in [1.165, 1.54) is 12.1 Å². The van der Waals surface area contributed by atoms with Crippen LogP contribution in [0.3, 0.4) is 0 Å². The summed E-state index contributed by atoms with van der Waals surface area (Å²) in [6, 6.07) is 20.1. The quantitative estimate of drug-likeness (QED) is 0.183. The lowest BCUT2D eigenvalue weighted by molar-refractivity contribution is 0.0815. The van der Waals surface area contributed by atoms with Crippen LogP contribution in [-0.4, -0.2) is 50.3 Å². The highest BCUT2D eigenvalue weighted by Gasteiger charge is 2.16. The number of aliphatic hydroxyl groups excluding tert-OH is 1. The molecule has 216 valence electrons. The van der Waals surface area contributed by atoms with Crippen molar-refractivity contribution in [3.63, 3.8) is 0 Å². The molecular formula is C33H33ClFN5O2. The Labute approximate surface area is 249 Å². The van der Waals surface area contributed by atoms with Crippen molar-refractivity contribution in [1.82, 2.24) is 19.4 Å². The summed E-state index contributed by atoms with van der Waals surface area (Å²) in [6.07, 6.45) is 8.54. The first-order chi connectivity index (χ1) is 20.5. The number of ether oxygens (including phenoxy) is 1. The fourth-order valence-corrected chi connectivity index (χ4v) is 5.56. The Morgan fingerprint density at radius 1 is 0.976 bits per heavy atom. The molecule has 5 aromatic rings. The summed E-state index contributed by atoms with van der Waals surface area (Å²) < 4.78 is 21.5. The van der Waals surface area contributed by atoms with Gasteiger partial charge in [-0.1, -0.05) is 29.8 Å². The van der Waals surface area contributed by atoms with E-state index in [9.17, 15) is 9.50 Å². The zero-order valence-corrected chi connectivity index (χ0v) is 24.0. The summed E-state index contributed by atoms with van der Waals surface area (Å²) in [7, 11) is 0. The van der Waals surface area contributed by atoms with E-state index >= 15 is 0 Å². The first kappa shape index (κ1) is 28.2. The maximum absolute atomic E-state index is 13.5. The number of piperidine rings is 1. The van der Waals surface area contributed by atoms with Gasteiger partial charge in [0, 0.05) is 43.1 Å². The number of nitrogens with one attached hydrogen (secondary N) is 1. The van der Waals surface area contributed by atoms with E-state index in [0.29, 0.717) is 16.6 Å². The molecule has 2 N–H and O–H groups in total. The number of hydrogen-bond donors (Lipinski definition) is 2. The van der Waals surface area contributed by atoms with Gasteiger partial charge in [-0.25, -0.2) is 14.4 Å². The monoisotopic (exact) mass is 585 g/mol. The van der Waals surface area contributed by atoms with Crippen LogP contribution >= 0.6 is 11.6 Å². The van der Waals surface area contributed by atoms with Gasteiger partial charge in [0.25, 0.3) is 0 Å². The second kappa shape index (κ2) is 12.9. The van der Waals surface area contributed by atoms with Gasteiger partial charge in [0.05, 0.1) is 16.6 Å². The number of nitrogens with zero attached hydrogens (tertiary/aromatic N) is 4. The van der Waals surface area contributed by atoms with Crippen LogP contribution in [0.1, 0.15) is 24.8 Å². The van der Waals surface area contributed by atoms with Gasteiger partial charge < -0.3 is 24.6 Å². The molecule has 3 aromatic carbocycles. The van der Waals surface area contributed by atoms with Crippen LogP contribution in [0.25, 0.3) is 22.0 Å². The summed E-state index contributed by atoms with van der Waals surface area (Å²) in [5.74, 6) is 0.892. The first-order valence-electron chi connectivity index (χ1n) is 14.3. The third-order valence-corrected chi connectivity index (χ3v) is 7.94. The third-order valence-electron chi connectivity index (χ3n) is 7.64. The Hall–Kier alpha value is -3.98. The number of rotatable bonds is 10. The number of likely N-dealkylation sites (tertiary alicyclic amines) is 1. The smallest absolute Gasteiger partial charge is 0.141 e. The maximum Gasteiger partial charge on any atom is 0.141 e. The van der Waals surface area contributed by atoms with Gasteiger partial charge in [-0.15, -0.1) is 0 Å². The van der Waals surface area contributed by atoms with Crippen LogP contribution < -0.4 is 10.1 Å². The number of aliphatic hydroxyl groups is 1. The van der Waals surface area contributed by atoms with E-state index in [4.69, 9.17) is 16.3 Å². The minimum atomic E-state index is -0.300. The number of aryl methyl sites for hydroxylation is 1. The van der Waals surface area contributed by atoms with Gasteiger partial charge in [-0.2, -0.15) is 0 Å². The minimum absolute atomic E-state index is 0.131. The molecule has 1 fully saturated rings. The van der Waals surface area contributed by atoms with Crippen molar-refractivity contribution in [2.75, 3.05) is 25.0 Å². The molecule has 3 heterocycles. The normalized spacial score (nSPS) is 14.4. The lowest BCUT2D eigenvalue weighted by Gasteiger charge is -2.29. The van der Waals surface area contributed by atoms with Gasteiger partial charge >= 0.3 is 0 Å². The molecule has 1 aliphatic heterocycles. The van der Waals surface area contributed by atoms with Gasteiger partial charge in [-0.05, 0) is 91.0 Å². The Kier molecular flexibility index (Phi) is 8.65. The molecule has 0 unspecified atom stereocenters. The lowest BCUT2D eigenvalue weighted by Crippen LogP contribution is -2.36. The zero-order valence-electron chi connectivity index (χ0n) is 23.2. The molecule has 0 saturated carbocycles. The summed E-state index contributed by atoms with van der Waals surface area (Å²) in [4.78, 5) is 11.4. The highest BCUT2D eigenvalue weighted by Crippen LogP contribution is 2.32. The van der Waals surface area contributed by atoms with Gasteiger partial charge in [0.15, 0.2) is 0 Å². The molecule has 42 heavy (non-hydrogen) atoms. The maximum atomic E-state index is 13.5. The molecule has 7 nitrogen and oxygen atoms in total. The molecular weight excluding hydrogens is 553 g/mol. The number of anilines is 2. The number of aromatic nitrogens is 3. The summed E-state index contributed by atoms with van der Waals surface area (Å²) >= 11 is 6.52. The molecule has 0 atom stereocenters. The molecule has 2 aromatic heterocycles. The molecule has 0 aliphatic carbocycles. The van der Waals surface area contributed by atoms with Crippen LogP contribution in [0, 0.1) is 5.82 Å². The van der Waals surface area contributed by atoms with Crippen LogP contribution in [-0.2, 0) is 13.2 Å². The Morgan fingerprint density at radius 3 is 2.69 bits per heavy atom. The SMILES string of the molecule is OC1CCN(CCCn2ccc(-c3ccc4ncnc(Nc5ccc(OCc6cccc(F)c6)c(Cl)c5)c4c3)c2)CC1. The predicted molar refractivity (Wildman–Crippen MR) is 165 cm³/mol. The van der Waals surface area contributed by atoms with Crippen LogP contribution in [0.2, 0.25) is 5.02 Å². The van der Waals surface area contributed by atoms with Crippen molar-refractivity contribution in [1.29, 1.82) is 0 Å². The van der Waals surface area contributed by atoms with Crippen molar-refractivity contribution in [3.05, 3.63) is 102 Å². The van der Waals surface area contributed by atoms with E-state index in [0.717, 1.165) is 78.7 Å². The number of fused-ring (bicyclic) bond motifs is 1. The summed E-state index contributed by atoms with van der Waals surface area (Å²) in [5, 5.41) is 14.4. The van der Waals surface area contributed by atoms with Gasteiger partial charge in [-0.3, -0.25) is 0 Å². The average Bonchev–Trinajstić information content (AvgIpc) is 3.47. The second-order valence-electron chi connectivity index (χ2n) is 10.7. The molecule has 6 rings (SSSR count). The van der Waals surface area contributed by atoms with E-state index in [-0.39, 0.29) is 18.5 Å². The van der Waals surface area contributed by atoms with E-state index in [1.807, 2.05) is 12.1 Å². The van der Waals surface area contributed by atoms with Crippen molar-refractivity contribution >= 4 is 34.0 Å². The molecule has 0 spiro atoms. The van der Waals surface area contributed by atoms with Crippen LogP contribution in [0.4, 0.5) is 15.9 Å². The zero-order chi connectivity index (χ0) is 28.9. The fourth-order valence-electron chi connectivity index (χ4n) is 5.33. The number of hydrogen-bond acceptors (Lipinski definition) is 6. The van der Waals surface area contributed by atoms with Gasteiger partial charge in [0.1, 0.15) is 30.3 Å². The number of benzene rings is 3. The second-order valence-corrected chi connectivity index (χ2v) is 11.1. The van der Waals surface area contributed by atoms with E-state index < -0.39 is 0 Å². The Balaban J connectivity index is 1.12. The van der Waals surface area contributed by atoms with Crippen LogP contribution in [0.5, 0.6) is 5.75 Å². The Bertz CT molecular complexity index is 1670. The fraction of sp³-hybridized carbons (Fsp3) is 0.273. The van der Waals surface area contributed by atoms with Crippen molar-refractivity contribution < 1.29 is 14.2 Å². The summed E-state index contributed by atoms with van der Waals surface area (Å²) in [6.45, 7) is 4.18. The standard InChI is InChI=1S/C33H33ClFN5O2/c34-30-19-27(6-8-32(30)42-21-23-3-1-4-26(35)17-23)38-33-29-18-24(5-7-31(29)36-22-37-33)25-9-14-40(20-25)13-2-12-39-15-10-28(41)11-16-39/h1,3-9,14,17-20,22,28,41H,2,10-13,15-16,21H2,(H,36,37,38). The van der Waals surface area contributed by atoms with Crippen molar-refractivity contribution in [3.8, 4) is 16.9 Å². The predicted octanol–water partition coefficient (Wildman–Crippen LogP) is 7.06. The average molecular weight is 586 g/mol. The van der Waals surface area contributed by atoms with E-state index in [1.54, 1.807) is 30.6 Å². The van der Waals surface area contributed by atoms with Crippen molar-refractivity contribution in [2.45, 2.75) is 38.5 Å². The molecule has 1 saturated heterocycles. The lowest BCUT2D eigenvalue weighted by atomic mass is 10.1. The molecule has 0 radical (unpaired) electrons. The largest absolute Gasteiger partial charge is 0.487 e. The highest BCUT2D eigenvalue weighted by atomic mass is 35.5. The van der Waals surface area contributed by atoms with Crippen molar-refractivity contribution in [2.24, 2.45) is 0 Å². The molecule has 1 aliphatic rings. The Morgan fingerprint density at radius 2 is 1.86 bits per heavy atom. The highest BCUT2D eigenvalue weighted by molar-refractivity contribution is 6.32. The van der Waals surface area contributed by atoms with E-state index in [2.05, 4.69) is 55.3 Å². The third kappa shape index (κ3) is 6.90. The molecule has 0 amide bonds. The van der Waals surface area contributed by atoms with Gasteiger partial charge in [0.2, 0.25) is 0 Å². The first-order valence-corrected chi connectivity index (χ1v) is 14.6. The van der Waals surface area contributed by atoms with Crippen LogP contribution in [0.15, 0.2) is 85.5 Å². The summed E-state index contributed by atoms with van der Waals surface area (Å²) in [5.41, 5.74) is 4.55.